The maximum atomic E-state index is 10.9. The molecule has 4 nitrogen and oxygen atoms in total. The normalized spacial score (nSPS) is 10.3. The second-order valence-electron chi connectivity index (χ2n) is 2.54. The summed E-state index contributed by atoms with van der Waals surface area (Å²) in [5, 5.41) is 0. The van der Waals surface area contributed by atoms with E-state index in [0.717, 1.165) is 6.54 Å². The number of likely N-dealkylation sites (N-methyl/N-ethyl adjacent to an activating group) is 1. The smallest absolute Gasteiger partial charge is 0.320 e. The van der Waals surface area contributed by atoms with Gasteiger partial charge in [-0.25, -0.2) is 0 Å². The Morgan fingerprint density at radius 1 is 1.50 bits per heavy atom. The number of carbonyl (C=O) groups excluding carboxylic acids is 1. The predicted molar refractivity (Wildman–Crippen MR) is 46.0 cm³/mol. The van der Waals surface area contributed by atoms with E-state index in [1.54, 1.807) is 14.0 Å². The van der Waals surface area contributed by atoms with E-state index >= 15 is 0 Å². The molecule has 0 bridgehead atoms. The third kappa shape index (κ3) is 6.12. The van der Waals surface area contributed by atoms with E-state index in [2.05, 4.69) is 0 Å². The molecule has 0 aliphatic heterocycles. The fraction of sp³-hybridized carbons (Fsp3) is 0.875. The molecular formula is C8H17NO3. The third-order valence-electron chi connectivity index (χ3n) is 1.38. The SMILES string of the molecule is CCOC(=O)CN(C)CCOC. The van der Waals surface area contributed by atoms with Crippen molar-refractivity contribution >= 4 is 5.97 Å². The van der Waals surface area contributed by atoms with Crippen LogP contribution in [0.1, 0.15) is 6.92 Å². The summed E-state index contributed by atoms with van der Waals surface area (Å²) in [6, 6.07) is 0. The van der Waals surface area contributed by atoms with Gasteiger partial charge in [-0.15, -0.1) is 0 Å². The largest absolute Gasteiger partial charge is 0.465 e. The van der Waals surface area contributed by atoms with Crippen molar-refractivity contribution in [2.75, 3.05) is 40.5 Å². The van der Waals surface area contributed by atoms with Gasteiger partial charge in [0.2, 0.25) is 0 Å². The molecule has 0 rings (SSSR count). The van der Waals surface area contributed by atoms with Crippen molar-refractivity contribution in [1.29, 1.82) is 0 Å². The summed E-state index contributed by atoms with van der Waals surface area (Å²) in [6.45, 7) is 3.95. The number of rotatable bonds is 6. The number of nitrogens with zero attached hydrogens (tertiary/aromatic N) is 1. The Hall–Kier alpha value is -0.610. The molecule has 0 saturated carbocycles. The summed E-state index contributed by atoms with van der Waals surface area (Å²) in [6.07, 6.45) is 0. The van der Waals surface area contributed by atoms with E-state index in [9.17, 15) is 4.79 Å². The summed E-state index contributed by atoms with van der Waals surface area (Å²) in [5.74, 6) is -0.184. The summed E-state index contributed by atoms with van der Waals surface area (Å²) < 4.78 is 9.63. The minimum atomic E-state index is -0.184. The van der Waals surface area contributed by atoms with Gasteiger partial charge in [0.15, 0.2) is 0 Å². The average molecular weight is 175 g/mol. The number of esters is 1. The summed E-state index contributed by atoms with van der Waals surface area (Å²) in [5.41, 5.74) is 0. The minimum absolute atomic E-state index is 0.184. The lowest BCUT2D eigenvalue weighted by molar-refractivity contribution is -0.144. The van der Waals surface area contributed by atoms with Crippen LogP contribution in [-0.4, -0.2) is 51.3 Å². The third-order valence-corrected chi connectivity index (χ3v) is 1.38. The minimum Gasteiger partial charge on any atom is -0.465 e. The highest BCUT2D eigenvalue weighted by molar-refractivity contribution is 5.71. The lowest BCUT2D eigenvalue weighted by atomic mass is 10.5. The molecule has 0 fully saturated rings. The molecule has 0 aliphatic rings. The second-order valence-corrected chi connectivity index (χ2v) is 2.54. The van der Waals surface area contributed by atoms with Crippen LogP contribution < -0.4 is 0 Å². The number of hydrogen-bond donors (Lipinski definition) is 0. The Kier molecular flexibility index (Phi) is 6.70. The van der Waals surface area contributed by atoms with Crippen LogP contribution in [0.15, 0.2) is 0 Å². The van der Waals surface area contributed by atoms with Gasteiger partial charge in [0.1, 0.15) is 0 Å². The fourth-order valence-corrected chi connectivity index (χ4v) is 0.753. The first-order valence-corrected chi connectivity index (χ1v) is 4.03. The lowest BCUT2D eigenvalue weighted by Crippen LogP contribution is -2.30. The summed E-state index contributed by atoms with van der Waals surface area (Å²) in [4.78, 5) is 12.8. The van der Waals surface area contributed by atoms with Crippen molar-refractivity contribution in [2.45, 2.75) is 6.92 Å². The van der Waals surface area contributed by atoms with Gasteiger partial charge in [0.25, 0.3) is 0 Å². The first-order valence-electron chi connectivity index (χ1n) is 4.03. The molecule has 0 aromatic rings. The van der Waals surface area contributed by atoms with Crippen LogP contribution >= 0.6 is 0 Å². The molecule has 0 amide bonds. The van der Waals surface area contributed by atoms with E-state index in [1.807, 2.05) is 11.9 Å². The lowest BCUT2D eigenvalue weighted by Gasteiger charge is -2.14. The van der Waals surface area contributed by atoms with Crippen molar-refractivity contribution in [3.05, 3.63) is 0 Å². The second kappa shape index (κ2) is 7.06. The number of ether oxygens (including phenoxy) is 2. The van der Waals surface area contributed by atoms with Gasteiger partial charge in [0, 0.05) is 13.7 Å². The molecule has 0 aliphatic carbocycles. The first kappa shape index (κ1) is 11.4. The molecule has 0 N–H and O–H groups in total. The van der Waals surface area contributed by atoms with Crippen LogP contribution in [0.4, 0.5) is 0 Å². The van der Waals surface area contributed by atoms with E-state index in [-0.39, 0.29) is 5.97 Å². The molecule has 0 spiro atoms. The van der Waals surface area contributed by atoms with Gasteiger partial charge < -0.3 is 9.47 Å². The quantitative estimate of drug-likeness (QED) is 0.538. The van der Waals surface area contributed by atoms with Crippen LogP contribution in [0.2, 0.25) is 0 Å². The highest BCUT2D eigenvalue weighted by atomic mass is 16.5. The molecule has 12 heavy (non-hydrogen) atoms. The van der Waals surface area contributed by atoms with E-state index in [1.165, 1.54) is 0 Å². The van der Waals surface area contributed by atoms with Crippen molar-refractivity contribution < 1.29 is 14.3 Å². The van der Waals surface area contributed by atoms with Crippen LogP contribution in [-0.2, 0) is 14.3 Å². The molecule has 0 heterocycles. The molecule has 0 unspecified atom stereocenters. The Labute approximate surface area is 73.4 Å². The van der Waals surface area contributed by atoms with E-state index < -0.39 is 0 Å². The summed E-state index contributed by atoms with van der Waals surface area (Å²) in [7, 11) is 3.49. The zero-order chi connectivity index (χ0) is 9.40. The standard InChI is InChI=1S/C8H17NO3/c1-4-12-8(10)7-9(2)5-6-11-3/h4-7H2,1-3H3. The van der Waals surface area contributed by atoms with Crippen molar-refractivity contribution in [2.24, 2.45) is 0 Å². The maximum absolute atomic E-state index is 10.9. The van der Waals surface area contributed by atoms with Crippen LogP contribution in [0.3, 0.4) is 0 Å². The predicted octanol–water partition coefficient (Wildman–Crippen LogP) is 0.128. The Morgan fingerprint density at radius 2 is 2.17 bits per heavy atom. The number of hydrogen-bond acceptors (Lipinski definition) is 4. The number of carbonyl (C=O) groups is 1. The van der Waals surface area contributed by atoms with Crippen molar-refractivity contribution in [3.8, 4) is 0 Å². The van der Waals surface area contributed by atoms with Crippen LogP contribution in [0, 0.1) is 0 Å². The molecular weight excluding hydrogens is 158 g/mol. The molecule has 4 heteroatoms. The topological polar surface area (TPSA) is 38.8 Å². The molecule has 0 radical (unpaired) electrons. The molecule has 72 valence electrons. The van der Waals surface area contributed by atoms with Gasteiger partial charge in [0.05, 0.1) is 19.8 Å². The zero-order valence-electron chi connectivity index (χ0n) is 8.00. The van der Waals surface area contributed by atoms with Crippen molar-refractivity contribution in [1.82, 2.24) is 4.90 Å². The molecule has 0 atom stereocenters. The van der Waals surface area contributed by atoms with Gasteiger partial charge in [-0.3, -0.25) is 9.69 Å². The Balaban J connectivity index is 3.40. The van der Waals surface area contributed by atoms with Crippen molar-refractivity contribution in [3.63, 3.8) is 0 Å². The van der Waals surface area contributed by atoms with Crippen LogP contribution in [0.25, 0.3) is 0 Å². The summed E-state index contributed by atoms with van der Waals surface area (Å²) >= 11 is 0. The molecule has 0 aromatic carbocycles. The highest BCUT2D eigenvalue weighted by Gasteiger charge is 2.05. The highest BCUT2D eigenvalue weighted by Crippen LogP contribution is 1.85. The van der Waals surface area contributed by atoms with E-state index in [0.29, 0.717) is 19.8 Å². The molecule has 0 aromatic heterocycles. The zero-order valence-corrected chi connectivity index (χ0v) is 8.00. The maximum Gasteiger partial charge on any atom is 0.320 e. The van der Waals surface area contributed by atoms with Gasteiger partial charge >= 0.3 is 5.97 Å². The van der Waals surface area contributed by atoms with Gasteiger partial charge in [-0.05, 0) is 14.0 Å². The fourth-order valence-electron chi connectivity index (χ4n) is 0.753. The average Bonchev–Trinajstić information content (AvgIpc) is 2.01. The molecule has 0 saturated heterocycles. The van der Waals surface area contributed by atoms with Gasteiger partial charge in [-0.2, -0.15) is 0 Å². The van der Waals surface area contributed by atoms with Crippen LogP contribution in [0.5, 0.6) is 0 Å². The monoisotopic (exact) mass is 175 g/mol. The van der Waals surface area contributed by atoms with E-state index in [4.69, 9.17) is 9.47 Å². The Morgan fingerprint density at radius 3 is 2.67 bits per heavy atom. The first-order chi connectivity index (χ1) is 5.70. The number of methoxy groups -OCH3 is 1. The van der Waals surface area contributed by atoms with Gasteiger partial charge in [-0.1, -0.05) is 0 Å². The Bertz CT molecular complexity index is 127.